The van der Waals surface area contributed by atoms with Gasteiger partial charge in [0.1, 0.15) is 11.6 Å². The van der Waals surface area contributed by atoms with Crippen LogP contribution in [0.2, 0.25) is 0 Å². The van der Waals surface area contributed by atoms with Crippen LogP contribution in [0.15, 0.2) is 44.2 Å². The third-order valence-electron chi connectivity index (χ3n) is 5.26. The molecule has 12 heteroatoms. The van der Waals surface area contributed by atoms with Gasteiger partial charge in [0, 0.05) is 11.1 Å². The van der Waals surface area contributed by atoms with E-state index in [1.54, 1.807) is 0 Å². The predicted octanol–water partition coefficient (Wildman–Crippen LogP) is 3.65. The number of hydrogen-bond acceptors (Lipinski definition) is 9. The van der Waals surface area contributed by atoms with Crippen molar-refractivity contribution in [2.24, 2.45) is 15.6 Å². The SMILES string of the molecule is Cc1c(/N=N/c2ccc(S(=O)(=O)NC(C)(C)CC(C)(C)C)cc2)c(O)n(CCOCCO)c(=O)c1C#N. The van der Waals surface area contributed by atoms with Gasteiger partial charge in [-0.3, -0.25) is 9.36 Å². The average Bonchev–Trinajstić information content (AvgIpc) is 2.76. The zero-order valence-electron chi connectivity index (χ0n) is 22.1. The maximum Gasteiger partial charge on any atom is 0.271 e. The lowest BCUT2D eigenvalue weighted by atomic mass is 9.82. The Morgan fingerprint density at radius 3 is 2.27 bits per heavy atom. The van der Waals surface area contributed by atoms with E-state index in [9.17, 15) is 23.6 Å². The highest BCUT2D eigenvalue weighted by Crippen LogP contribution is 2.32. The number of aliphatic hydroxyl groups is 1. The third kappa shape index (κ3) is 8.19. The van der Waals surface area contributed by atoms with Gasteiger partial charge in [0.05, 0.1) is 36.9 Å². The molecule has 2 aromatic rings. The molecule has 0 bridgehead atoms. The van der Waals surface area contributed by atoms with Crippen LogP contribution in [-0.2, 0) is 21.3 Å². The molecule has 0 saturated carbocycles. The fourth-order valence-corrected chi connectivity index (χ4v) is 5.58. The number of nitrogens with one attached hydrogen (secondary N) is 1. The highest BCUT2D eigenvalue weighted by Gasteiger charge is 2.30. The summed E-state index contributed by atoms with van der Waals surface area (Å²) in [4.78, 5) is 12.6. The second kappa shape index (κ2) is 12.0. The number of rotatable bonds is 11. The van der Waals surface area contributed by atoms with Crippen LogP contribution >= 0.6 is 0 Å². The fourth-order valence-electron chi connectivity index (χ4n) is 4.17. The highest BCUT2D eigenvalue weighted by molar-refractivity contribution is 7.89. The first kappa shape index (κ1) is 30.1. The Labute approximate surface area is 217 Å². The molecule has 11 nitrogen and oxygen atoms in total. The van der Waals surface area contributed by atoms with Gasteiger partial charge in [-0.1, -0.05) is 20.8 Å². The maximum absolute atomic E-state index is 12.9. The molecule has 2 rings (SSSR count). The second-order valence-electron chi connectivity index (χ2n) is 10.5. The zero-order chi connectivity index (χ0) is 28.0. The smallest absolute Gasteiger partial charge is 0.271 e. The summed E-state index contributed by atoms with van der Waals surface area (Å²) < 4.78 is 34.6. The van der Waals surface area contributed by atoms with Gasteiger partial charge in [-0.25, -0.2) is 13.1 Å². The molecule has 0 atom stereocenters. The van der Waals surface area contributed by atoms with Gasteiger partial charge in [0.25, 0.3) is 5.56 Å². The second-order valence-corrected chi connectivity index (χ2v) is 12.2. The topological polar surface area (TPSA) is 166 Å². The van der Waals surface area contributed by atoms with Crippen LogP contribution < -0.4 is 10.3 Å². The van der Waals surface area contributed by atoms with Gasteiger partial charge in [-0.15, -0.1) is 5.11 Å². The average molecular weight is 534 g/mol. The Balaban J connectivity index is 2.32. The number of aliphatic hydroxyl groups excluding tert-OH is 1. The van der Waals surface area contributed by atoms with Crippen molar-refractivity contribution in [3.05, 3.63) is 45.7 Å². The molecule has 0 amide bonds. The Hall–Kier alpha value is -3.11. The number of aromatic nitrogens is 1. The molecule has 0 spiro atoms. The molecule has 37 heavy (non-hydrogen) atoms. The monoisotopic (exact) mass is 533 g/mol. The van der Waals surface area contributed by atoms with E-state index < -0.39 is 27.0 Å². The minimum absolute atomic E-state index is 0.0229. The zero-order valence-corrected chi connectivity index (χ0v) is 22.9. The lowest BCUT2D eigenvalue weighted by Gasteiger charge is -2.32. The number of azo groups is 1. The quantitative estimate of drug-likeness (QED) is 0.293. The largest absolute Gasteiger partial charge is 0.493 e. The molecular weight excluding hydrogens is 498 g/mol. The van der Waals surface area contributed by atoms with Crippen LogP contribution in [0.25, 0.3) is 0 Å². The van der Waals surface area contributed by atoms with Crippen LogP contribution in [0, 0.1) is 23.7 Å². The summed E-state index contributed by atoms with van der Waals surface area (Å²) in [5.41, 5.74) is -1.23. The minimum atomic E-state index is -3.78. The number of benzene rings is 1. The fraction of sp³-hybridized carbons (Fsp3) is 0.520. The molecule has 0 fully saturated rings. The lowest BCUT2D eigenvalue weighted by molar-refractivity contribution is 0.0854. The Bertz CT molecular complexity index is 1330. The molecule has 0 aliphatic rings. The number of aromatic hydroxyl groups is 1. The van der Waals surface area contributed by atoms with Crippen LogP contribution in [0.5, 0.6) is 5.88 Å². The van der Waals surface area contributed by atoms with Gasteiger partial charge in [-0.2, -0.15) is 10.4 Å². The molecular formula is C25H35N5O6S. The third-order valence-corrected chi connectivity index (χ3v) is 6.97. The highest BCUT2D eigenvalue weighted by atomic mass is 32.2. The summed E-state index contributed by atoms with van der Waals surface area (Å²) in [7, 11) is -3.78. The summed E-state index contributed by atoms with van der Waals surface area (Å²) in [6.07, 6.45) is 0.634. The summed E-state index contributed by atoms with van der Waals surface area (Å²) >= 11 is 0. The number of pyridine rings is 1. The Morgan fingerprint density at radius 2 is 1.73 bits per heavy atom. The van der Waals surface area contributed by atoms with Gasteiger partial charge >= 0.3 is 0 Å². The van der Waals surface area contributed by atoms with Crippen molar-refractivity contribution >= 4 is 21.4 Å². The molecule has 0 saturated heterocycles. The summed E-state index contributed by atoms with van der Waals surface area (Å²) in [6, 6.07) is 7.55. The normalized spacial score (nSPS) is 12.7. The molecule has 0 aliphatic heterocycles. The predicted molar refractivity (Wildman–Crippen MR) is 139 cm³/mol. The molecule has 1 aromatic carbocycles. The Morgan fingerprint density at radius 1 is 1.11 bits per heavy atom. The standard InChI is InChI=1S/C25H35N5O6S/c1-17-20(15-26)22(32)30(11-13-36-14-12-31)23(33)21(17)28-27-18-7-9-19(10-8-18)37(34,35)29-25(5,6)16-24(2,3)4/h7-10,29,31,33H,11-14,16H2,1-6H3/b28-27+. The molecule has 1 aromatic heterocycles. The van der Waals surface area contributed by atoms with E-state index in [1.165, 1.54) is 31.2 Å². The number of hydrogen-bond donors (Lipinski definition) is 3. The summed E-state index contributed by atoms with van der Waals surface area (Å²) in [5, 5.41) is 37.0. The van der Waals surface area contributed by atoms with Gasteiger partial charge < -0.3 is 14.9 Å². The lowest BCUT2D eigenvalue weighted by Crippen LogP contribution is -2.45. The van der Waals surface area contributed by atoms with Crippen LogP contribution in [-0.4, -0.2) is 48.6 Å². The van der Waals surface area contributed by atoms with E-state index in [-0.39, 0.29) is 53.5 Å². The Kier molecular flexibility index (Phi) is 9.73. The first-order chi connectivity index (χ1) is 17.1. The van der Waals surface area contributed by atoms with E-state index in [4.69, 9.17) is 9.84 Å². The van der Waals surface area contributed by atoms with Gasteiger partial charge in [0.15, 0.2) is 5.69 Å². The maximum atomic E-state index is 12.9. The first-order valence-electron chi connectivity index (χ1n) is 11.7. The molecule has 3 N–H and O–H groups in total. The van der Waals surface area contributed by atoms with Crippen molar-refractivity contribution in [1.82, 2.24) is 9.29 Å². The minimum Gasteiger partial charge on any atom is -0.493 e. The number of ether oxygens (including phenoxy) is 1. The summed E-state index contributed by atoms with van der Waals surface area (Å²) in [5.74, 6) is -0.484. The number of nitriles is 1. The first-order valence-corrected chi connectivity index (χ1v) is 13.2. The van der Waals surface area contributed by atoms with Gasteiger partial charge in [0.2, 0.25) is 15.9 Å². The molecule has 1 heterocycles. The van der Waals surface area contributed by atoms with Crippen molar-refractivity contribution in [3.63, 3.8) is 0 Å². The van der Waals surface area contributed by atoms with Crippen LogP contribution in [0.4, 0.5) is 11.4 Å². The van der Waals surface area contributed by atoms with Crippen molar-refractivity contribution in [2.75, 3.05) is 19.8 Å². The van der Waals surface area contributed by atoms with E-state index >= 15 is 0 Å². The number of nitrogens with zero attached hydrogens (tertiary/aromatic N) is 4. The van der Waals surface area contributed by atoms with Crippen LogP contribution in [0.1, 0.15) is 52.2 Å². The van der Waals surface area contributed by atoms with Crippen molar-refractivity contribution < 1.29 is 23.4 Å². The van der Waals surface area contributed by atoms with Crippen molar-refractivity contribution in [1.29, 1.82) is 5.26 Å². The van der Waals surface area contributed by atoms with Crippen LogP contribution in [0.3, 0.4) is 0 Å². The molecule has 202 valence electrons. The molecule has 0 radical (unpaired) electrons. The van der Waals surface area contributed by atoms with Crippen molar-refractivity contribution in [3.8, 4) is 11.9 Å². The van der Waals surface area contributed by atoms with E-state index in [2.05, 4.69) is 15.0 Å². The van der Waals surface area contributed by atoms with E-state index in [0.717, 1.165) is 4.57 Å². The summed E-state index contributed by atoms with van der Waals surface area (Å²) in [6.45, 7) is 11.1. The van der Waals surface area contributed by atoms with Gasteiger partial charge in [-0.05, 0) is 56.9 Å². The molecule has 0 unspecified atom stereocenters. The number of sulfonamides is 1. The van der Waals surface area contributed by atoms with Crippen molar-refractivity contribution in [2.45, 2.75) is 64.9 Å². The molecule has 0 aliphatic carbocycles. The van der Waals surface area contributed by atoms with E-state index in [1.807, 2.05) is 40.7 Å². The van der Waals surface area contributed by atoms with E-state index in [0.29, 0.717) is 12.1 Å².